The van der Waals surface area contributed by atoms with Gasteiger partial charge in [-0.25, -0.2) is 0 Å². The number of benzene rings is 1. The van der Waals surface area contributed by atoms with E-state index >= 15 is 0 Å². The van der Waals surface area contributed by atoms with Crippen LogP contribution < -0.4 is 5.73 Å². The minimum absolute atomic E-state index is 0. The molecule has 1 heterocycles. The molecule has 1 aliphatic rings. The van der Waals surface area contributed by atoms with Crippen molar-refractivity contribution in [3.8, 4) is 0 Å². The third-order valence-corrected chi connectivity index (χ3v) is 3.83. The number of hydrogen-bond donors (Lipinski definition) is 1. The third-order valence-electron chi connectivity index (χ3n) is 3.83. The largest absolute Gasteiger partial charge is 0.381 e. The van der Waals surface area contributed by atoms with Gasteiger partial charge in [-0.3, -0.25) is 4.79 Å². The highest BCUT2D eigenvalue weighted by Gasteiger charge is 2.20. The maximum Gasteiger partial charge on any atom is 0.224 e. The van der Waals surface area contributed by atoms with Crippen molar-refractivity contribution in [2.75, 3.05) is 26.8 Å². The van der Waals surface area contributed by atoms with Crippen molar-refractivity contribution in [2.45, 2.75) is 25.3 Å². The molecule has 1 fully saturated rings. The summed E-state index contributed by atoms with van der Waals surface area (Å²) in [6.07, 6.45) is 2.59. The zero-order valence-corrected chi connectivity index (χ0v) is 13.3. The van der Waals surface area contributed by atoms with Crippen LogP contribution in [0, 0.1) is 5.92 Å². The SMILES string of the molecule is CN(CC1CCCOC1)C(=O)CC(N)c1ccccc1.Cl. The third kappa shape index (κ3) is 5.65. The molecule has 0 saturated carbocycles. The predicted octanol–water partition coefficient (Wildman–Crippen LogP) is 2.38. The highest BCUT2D eigenvalue weighted by atomic mass is 35.5. The number of rotatable bonds is 5. The van der Waals surface area contributed by atoms with E-state index in [1.165, 1.54) is 0 Å². The Kier molecular flexibility index (Phi) is 7.72. The first-order chi connectivity index (χ1) is 9.66. The van der Waals surface area contributed by atoms with Crippen molar-refractivity contribution in [2.24, 2.45) is 11.7 Å². The molecule has 0 aliphatic carbocycles. The summed E-state index contributed by atoms with van der Waals surface area (Å²) in [7, 11) is 1.86. The molecule has 1 amide bonds. The lowest BCUT2D eigenvalue weighted by Gasteiger charge is -2.27. The van der Waals surface area contributed by atoms with Crippen LogP contribution in [-0.2, 0) is 9.53 Å². The molecule has 0 radical (unpaired) electrons. The lowest BCUT2D eigenvalue weighted by molar-refractivity contribution is -0.131. The molecule has 2 atom stereocenters. The lowest BCUT2D eigenvalue weighted by atomic mass is 10.0. The van der Waals surface area contributed by atoms with Crippen molar-refractivity contribution in [3.05, 3.63) is 35.9 Å². The van der Waals surface area contributed by atoms with Gasteiger partial charge in [0, 0.05) is 32.7 Å². The number of halogens is 1. The van der Waals surface area contributed by atoms with Gasteiger partial charge >= 0.3 is 0 Å². The summed E-state index contributed by atoms with van der Waals surface area (Å²) in [5.74, 6) is 0.567. The van der Waals surface area contributed by atoms with E-state index in [1.807, 2.05) is 37.4 Å². The van der Waals surface area contributed by atoms with Gasteiger partial charge < -0.3 is 15.4 Å². The van der Waals surface area contributed by atoms with Gasteiger partial charge in [-0.05, 0) is 24.3 Å². The van der Waals surface area contributed by atoms with Gasteiger partial charge in [0.15, 0.2) is 0 Å². The van der Waals surface area contributed by atoms with Gasteiger partial charge in [-0.15, -0.1) is 12.4 Å². The average molecular weight is 313 g/mol. The Labute approximate surface area is 133 Å². The molecule has 1 aromatic carbocycles. The fourth-order valence-corrected chi connectivity index (χ4v) is 2.60. The van der Waals surface area contributed by atoms with E-state index in [0.29, 0.717) is 12.3 Å². The van der Waals surface area contributed by atoms with Gasteiger partial charge in [-0.2, -0.15) is 0 Å². The maximum absolute atomic E-state index is 12.2. The average Bonchev–Trinajstić information content (AvgIpc) is 2.49. The summed E-state index contributed by atoms with van der Waals surface area (Å²) in [4.78, 5) is 14.0. The second-order valence-corrected chi connectivity index (χ2v) is 5.58. The molecule has 118 valence electrons. The first-order valence-corrected chi connectivity index (χ1v) is 7.29. The Morgan fingerprint density at radius 1 is 1.43 bits per heavy atom. The molecule has 2 N–H and O–H groups in total. The normalized spacial score (nSPS) is 19.4. The van der Waals surface area contributed by atoms with Crippen molar-refractivity contribution in [3.63, 3.8) is 0 Å². The zero-order valence-electron chi connectivity index (χ0n) is 12.5. The van der Waals surface area contributed by atoms with Crippen LogP contribution in [0.25, 0.3) is 0 Å². The topological polar surface area (TPSA) is 55.6 Å². The van der Waals surface area contributed by atoms with Gasteiger partial charge in [0.1, 0.15) is 0 Å². The quantitative estimate of drug-likeness (QED) is 0.908. The molecule has 4 nitrogen and oxygen atoms in total. The minimum atomic E-state index is -0.228. The summed E-state index contributed by atoms with van der Waals surface area (Å²) < 4.78 is 5.45. The van der Waals surface area contributed by atoms with Crippen molar-refractivity contribution in [1.82, 2.24) is 4.90 Å². The van der Waals surface area contributed by atoms with Crippen LogP contribution in [0.2, 0.25) is 0 Å². The summed E-state index contributed by atoms with van der Waals surface area (Å²) >= 11 is 0. The van der Waals surface area contributed by atoms with Crippen LogP contribution in [0.4, 0.5) is 0 Å². The number of carbonyl (C=O) groups excluding carboxylic acids is 1. The van der Waals surface area contributed by atoms with E-state index in [4.69, 9.17) is 10.5 Å². The molecular formula is C16H25ClN2O2. The Bertz CT molecular complexity index is 422. The van der Waals surface area contributed by atoms with E-state index < -0.39 is 0 Å². The molecule has 1 saturated heterocycles. The molecule has 0 aromatic heterocycles. The second-order valence-electron chi connectivity index (χ2n) is 5.58. The molecule has 5 heteroatoms. The summed E-state index contributed by atoms with van der Waals surface area (Å²) in [5.41, 5.74) is 7.10. The number of ether oxygens (including phenoxy) is 1. The summed E-state index contributed by atoms with van der Waals surface area (Å²) in [6.45, 7) is 2.38. The highest BCUT2D eigenvalue weighted by Crippen LogP contribution is 2.17. The zero-order chi connectivity index (χ0) is 14.4. The fraction of sp³-hybridized carbons (Fsp3) is 0.562. The van der Waals surface area contributed by atoms with Crippen LogP contribution in [-0.4, -0.2) is 37.6 Å². The van der Waals surface area contributed by atoms with E-state index in [9.17, 15) is 4.79 Å². The molecule has 21 heavy (non-hydrogen) atoms. The van der Waals surface area contributed by atoms with E-state index in [2.05, 4.69) is 0 Å². The summed E-state index contributed by atoms with van der Waals surface area (Å²) in [5, 5.41) is 0. The predicted molar refractivity (Wildman–Crippen MR) is 86.4 cm³/mol. The van der Waals surface area contributed by atoms with Crippen LogP contribution >= 0.6 is 12.4 Å². The minimum Gasteiger partial charge on any atom is -0.381 e. The Hall–Kier alpha value is -1.10. The maximum atomic E-state index is 12.2. The van der Waals surface area contributed by atoms with Gasteiger partial charge in [0.25, 0.3) is 0 Å². The van der Waals surface area contributed by atoms with Crippen molar-refractivity contribution < 1.29 is 9.53 Å². The van der Waals surface area contributed by atoms with Crippen molar-refractivity contribution in [1.29, 1.82) is 0 Å². The molecule has 1 aromatic rings. The second kappa shape index (κ2) is 9.03. The van der Waals surface area contributed by atoms with Crippen LogP contribution in [0.1, 0.15) is 30.9 Å². The number of nitrogens with two attached hydrogens (primary N) is 1. The molecular weight excluding hydrogens is 288 g/mol. The number of nitrogens with zero attached hydrogens (tertiary/aromatic N) is 1. The monoisotopic (exact) mass is 312 g/mol. The van der Waals surface area contributed by atoms with Crippen LogP contribution in [0.5, 0.6) is 0 Å². The Balaban J connectivity index is 0.00000220. The van der Waals surface area contributed by atoms with Crippen LogP contribution in [0.15, 0.2) is 30.3 Å². The van der Waals surface area contributed by atoms with Gasteiger partial charge in [-0.1, -0.05) is 30.3 Å². The van der Waals surface area contributed by atoms with Crippen molar-refractivity contribution >= 4 is 18.3 Å². The molecule has 1 aliphatic heterocycles. The Morgan fingerprint density at radius 2 is 2.14 bits per heavy atom. The lowest BCUT2D eigenvalue weighted by Crippen LogP contribution is -2.36. The molecule has 2 rings (SSSR count). The molecule has 0 spiro atoms. The van der Waals surface area contributed by atoms with E-state index in [0.717, 1.165) is 38.2 Å². The number of amides is 1. The van der Waals surface area contributed by atoms with Gasteiger partial charge in [0.2, 0.25) is 5.91 Å². The Morgan fingerprint density at radius 3 is 2.76 bits per heavy atom. The highest BCUT2D eigenvalue weighted by molar-refractivity contribution is 5.85. The van der Waals surface area contributed by atoms with Crippen LogP contribution in [0.3, 0.4) is 0 Å². The van der Waals surface area contributed by atoms with E-state index in [-0.39, 0.29) is 24.4 Å². The first kappa shape index (κ1) is 18.0. The molecule has 0 bridgehead atoms. The standard InChI is InChI=1S/C16H24N2O2.ClH/c1-18(11-13-6-5-9-20-12-13)16(19)10-15(17)14-7-3-2-4-8-14;/h2-4,7-8,13,15H,5-6,9-12,17H2,1H3;1H. The number of hydrogen-bond acceptors (Lipinski definition) is 3. The molecule has 2 unspecified atom stereocenters. The van der Waals surface area contributed by atoms with E-state index in [1.54, 1.807) is 4.90 Å². The fourth-order valence-electron chi connectivity index (χ4n) is 2.60. The number of carbonyl (C=O) groups is 1. The first-order valence-electron chi connectivity index (χ1n) is 7.29. The summed E-state index contributed by atoms with van der Waals surface area (Å²) in [6, 6.07) is 9.55. The van der Waals surface area contributed by atoms with Gasteiger partial charge in [0.05, 0.1) is 6.61 Å². The smallest absolute Gasteiger partial charge is 0.224 e.